The van der Waals surface area contributed by atoms with Crippen LogP contribution in [0.1, 0.15) is 20.3 Å². The number of alkyl halides is 3. The van der Waals surface area contributed by atoms with E-state index in [0.717, 1.165) is 0 Å². The molecule has 0 saturated heterocycles. The Bertz CT molecular complexity index is 213. The van der Waals surface area contributed by atoms with Crippen LogP contribution in [0.15, 0.2) is 0 Å². The number of halogens is 3. The van der Waals surface area contributed by atoms with Gasteiger partial charge in [-0.25, -0.2) is 0 Å². The molecule has 0 fully saturated rings. The standard InChI is InChI=1S/C8H14F3NO2/c1-7(2,6(13)14)12(3)5-4-8(9,10)11/h4-5H2,1-3H3,(H,13,14). The minimum Gasteiger partial charge on any atom is -0.480 e. The highest BCUT2D eigenvalue weighted by Crippen LogP contribution is 2.22. The Morgan fingerprint density at radius 2 is 1.79 bits per heavy atom. The molecule has 0 saturated carbocycles. The first-order chi connectivity index (χ1) is 6.07. The van der Waals surface area contributed by atoms with E-state index in [1.54, 1.807) is 0 Å². The molecule has 0 bridgehead atoms. The molecule has 0 aromatic rings. The van der Waals surface area contributed by atoms with Crippen LogP contribution in [0.25, 0.3) is 0 Å². The first-order valence-corrected chi connectivity index (χ1v) is 4.09. The van der Waals surface area contributed by atoms with Crippen molar-refractivity contribution in [3.05, 3.63) is 0 Å². The predicted octanol–water partition coefficient (Wildman–Crippen LogP) is 1.73. The molecule has 6 heteroatoms. The minimum absolute atomic E-state index is 0.317. The fourth-order valence-electron chi connectivity index (χ4n) is 0.737. The van der Waals surface area contributed by atoms with E-state index < -0.39 is 24.1 Å². The van der Waals surface area contributed by atoms with Crippen LogP contribution >= 0.6 is 0 Å². The Morgan fingerprint density at radius 3 is 2.07 bits per heavy atom. The summed E-state index contributed by atoms with van der Waals surface area (Å²) in [6.45, 7) is 2.42. The Balaban J connectivity index is 4.22. The van der Waals surface area contributed by atoms with E-state index in [0.29, 0.717) is 0 Å². The van der Waals surface area contributed by atoms with Crippen molar-refractivity contribution in [3.63, 3.8) is 0 Å². The zero-order chi connectivity index (χ0) is 11.6. The van der Waals surface area contributed by atoms with Crippen molar-refractivity contribution in [2.24, 2.45) is 0 Å². The number of carbonyl (C=O) groups is 1. The molecule has 0 aromatic heterocycles. The molecular weight excluding hydrogens is 199 g/mol. The van der Waals surface area contributed by atoms with Gasteiger partial charge >= 0.3 is 12.1 Å². The van der Waals surface area contributed by atoms with E-state index >= 15 is 0 Å². The van der Waals surface area contributed by atoms with Crippen LogP contribution < -0.4 is 0 Å². The summed E-state index contributed by atoms with van der Waals surface area (Å²) in [5.74, 6) is -1.14. The van der Waals surface area contributed by atoms with E-state index in [1.165, 1.54) is 25.8 Å². The maximum Gasteiger partial charge on any atom is 0.390 e. The normalized spacial score (nSPS) is 13.4. The van der Waals surface area contributed by atoms with Crippen LogP contribution in [0.5, 0.6) is 0 Å². The van der Waals surface area contributed by atoms with Crippen molar-refractivity contribution in [2.45, 2.75) is 32.0 Å². The average Bonchev–Trinajstić information content (AvgIpc) is 1.98. The first kappa shape index (κ1) is 13.2. The van der Waals surface area contributed by atoms with Crippen molar-refractivity contribution in [1.29, 1.82) is 0 Å². The van der Waals surface area contributed by atoms with E-state index in [4.69, 9.17) is 5.11 Å². The summed E-state index contributed by atoms with van der Waals surface area (Å²) >= 11 is 0. The monoisotopic (exact) mass is 213 g/mol. The molecule has 0 aromatic carbocycles. The molecule has 0 heterocycles. The number of likely N-dealkylation sites (N-methyl/N-ethyl adjacent to an activating group) is 1. The number of rotatable bonds is 4. The maximum absolute atomic E-state index is 11.8. The quantitative estimate of drug-likeness (QED) is 0.773. The fourth-order valence-corrected chi connectivity index (χ4v) is 0.737. The molecule has 0 spiro atoms. The van der Waals surface area contributed by atoms with Crippen LogP contribution in [-0.4, -0.2) is 41.3 Å². The lowest BCUT2D eigenvalue weighted by molar-refractivity contribution is -0.155. The molecule has 14 heavy (non-hydrogen) atoms. The predicted molar refractivity (Wildman–Crippen MR) is 45.0 cm³/mol. The molecule has 84 valence electrons. The van der Waals surface area contributed by atoms with Gasteiger partial charge in [0.25, 0.3) is 0 Å². The Labute approximate surface area is 80.5 Å². The third-order valence-corrected chi connectivity index (χ3v) is 2.21. The SMILES string of the molecule is CN(CCC(F)(F)F)C(C)(C)C(=O)O. The van der Waals surface area contributed by atoms with Gasteiger partial charge in [0.1, 0.15) is 5.54 Å². The van der Waals surface area contributed by atoms with Crippen molar-refractivity contribution in [3.8, 4) is 0 Å². The molecular formula is C8H14F3NO2. The Hall–Kier alpha value is -0.780. The van der Waals surface area contributed by atoms with Crippen molar-refractivity contribution >= 4 is 5.97 Å². The molecule has 0 atom stereocenters. The molecule has 0 aliphatic heterocycles. The number of carboxylic acids is 1. The van der Waals surface area contributed by atoms with Gasteiger partial charge in [-0.1, -0.05) is 0 Å². The van der Waals surface area contributed by atoms with Gasteiger partial charge in [0, 0.05) is 6.54 Å². The summed E-state index contributed by atoms with van der Waals surface area (Å²) in [5.41, 5.74) is -1.27. The van der Waals surface area contributed by atoms with Crippen molar-refractivity contribution in [2.75, 3.05) is 13.6 Å². The summed E-state index contributed by atoms with van der Waals surface area (Å²) in [6, 6.07) is 0. The lowest BCUT2D eigenvalue weighted by Gasteiger charge is -2.31. The number of nitrogens with zero attached hydrogens (tertiary/aromatic N) is 1. The average molecular weight is 213 g/mol. The minimum atomic E-state index is -4.25. The largest absolute Gasteiger partial charge is 0.480 e. The van der Waals surface area contributed by atoms with Crippen LogP contribution in [0.4, 0.5) is 13.2 Å². The zero-order valence-electron chi connectivity index (χ0n) is 8.35. The third kappa shape index (κ3) is 3.95. The summed E-state index contributed by atoms with van der Waals surface area (Å²) in [7, 11) is 1.36. The van der Waals surface area contributed by atoms with Crippen molar-refractivity contribution in [1.82, 2.24) is 4.90 Å². The molecule has 1 N–H and O–H groups in total. The van der Waals surface area contributed by atoms with E-state index in [2.05, 4.69) is 0 Å². The van der Waals surface area contributed by atoms with Gasteiger partial charge in [-0.2, -0.15) is 13.2 Å². The summed E-state index contributed by atoms with van der Waals surface area (Å²) < 4.78 is 35.5. The highest BCUT2D eigenvalue weighted by molar-refractivity contribution is 5.77. The van der Waals surface area contributed by atoms with Gasteiger partial charge in [0.05, 0.1) is 6.42 Å². The lowest BCUT2D eigenvalue weighted by Crippen LogP contribution is -2.48. The summed E-state index contributed by atoms with van der Waals surface area (Å²) in [6.07, 6.45) is -5.25. The molecule has 0 aliphatic rings. The highest BCUT2D eigenvalue weighted by Gasteiger charge is 2.35. The van der Waals surface area contributed by atoms with Gasteiger partial charge in [0.15, 0.2) is 0 Å². The molecule has 3 nitrogen and oxygen atoms in total. The molecule has 0 amide bonds. The van der Waals surface area contributed by atoms with Gasteiger partial charge in [0.2, 0.25) is 0 Å². The molecule has 0 unspecified atom stereocenters. The van der Waals surface area contributed by atoms with Crippen LogP contribution in [0.2, 0.25) is 0 Å². The van der Waals surface area contributed by atoms with Crippen LogP contribution in [-0.2, 0) is 4.79 Å². The van der Waals surface area contributed by atoms with E-state index in [-0.39, 0.29) is 6.54 Å². The zero-order valence-corrected chi connectivity index (χ0v) is 8.35. The highest BCUT2D eigenvalue weighted by atomic mass is 19.4. The topological polar surface area (TPSA) is 40.5 Å². The second-order valence-corrected chi connectivity index (χ2v) is 3.65. The molecule has 0 rings (SSSR count). The van der Waals surface area contributed by atoms with E-state index in [9.17, 15) is 18.0 Å². The smallest absolute Gasteiger partial charge is 0.390 e. The number of aliphatic carboxylic acids is 1. The van der Waals surface area contributed by atoms with E-state index in [1.807, 2.05) is 0 Å². The van der Waals surface area contributed by atoms with Crippen LogP contribution in [0, 0.1) is 0 Å². The van der Waals surface area contributed by atoms with Crippen LogP contribution in [0.3, 0.4) is 0 Å². The Kier molecular flexibility index (Phi) is 3.93. The van der Waals surface area contributed by atoms with Gasteiger partial charge in [-0.05, 0) is 20.9 Å². The first-order valence-electron chi connectivity index (χ1n) is 4.09. The van der Waals surface area contributed by atoms with Gasteiger partial charge in [-0.3, -0.25) is 9.69 Å². The third-order valence-electron chi connectivity index (χ3n) is 2.21. The molecule has 0 aliphatic carbocycles. The number of hydrogen-bond acceptors (Lipinski definition) is 2. The Morgan fingerprint density at radius 1 is 1.36 bits per heavy atom. The number of carboxylic acid groups (broad SMARTS) is 1. The van der Waals surface area contributed by atoms with Gasteiger partial charge in [-0.15, -0.1) is 0 Å². The second kappa shape index (κ2) is 4.16. The second-order valence-electron chi connectivity index (χ2n) is 3.65. The van der Waals surface area contributed by atoms with Gasteiger partial charge < -0.3 is 5.11 Å². The van der Waals surface area contributed by atoms with Crippen molar-refractivity contribution < 1.29 is 23.1 Å². The summed E-state index contributed by atoms with van der Waals surface area (Å²) in [5, 5.41) is 8.72. The summed E-state index contributed by atoms with van der Waals surface area (Å²) in [4.78, 5) is 11.8. The maximum atomic E-state index is 11.8. The lowest BCUT2D eigenvalue weighted by atomic mass is 10.0. The fraction of sp³-hybridized carbons (Fsp3) is 0.875. The molecule has 0 radical (unpaired) electrons. The number of hydrogen-bond donors (Lipinski definition) is 1.